The van der Waals surface area contributed by atoms with Crippen molar-refractivity contribution in [1.82, 2.24) is 24.8 Å². The molecule has 0 bridgehead atoms. The molecule has 0 aliphatic carbocycles. The number of aryl methyl sites for hydroxylation is 1. The molecule has 0 saturated carbocycles. The molecule has 1 saturated heterocycles. The highest BCUT2D eigenvalue weighted by molar-refractivity contribution is 5.52. The summed E-state index contributed by atoms with van der Waals surface area (Å²) < 4.78 is 0. The van der Waals surface area contributed by atoms with E-state index in [-0.39, 0.29) is 6.04 Å². The van der Waals surface area contributed by atoms with E-state index in [1.54, 1.807) is 24.5 Å². The SMILES string of the molecule is Cc1cccnc1CN1CCCC1c1ccnc(Nc2ccc(C#N)nc2)n1. The molecule has 1 aliphatic heterocycles. The minimum atomic E-state index is 0.254. The highest BCUT2D eigenvalue weighted by Crippen LogP contribution is 2.32. The smallest absolute Gasteiger partial charge is 0.227 e. The molecule has 7 heteroatoms. The van der Waals surface area contributed by atoms with Crippen LogP contribution in [0.5, 0.6) is 0 Å². The maximum atomic E-state index is 8.86. The fourth-order valence-electron chi connectivity index (χ4n) is 3.51. The quantitative estimate of drug-likeness (QED) is 0.733. The van der Waals surface area contributed by atoms with Gasteiger partial charge in [-0.1, -0.05) is 6.07 Å². The molecule has 28 heavy (non-hydrogen) atoms. The molecule has 7 nitrogen and oxygen atoms in total. The van der Waals surface area contributed by atoms with Gasteiger partial charge in [0.1, 0.15) is 11.8 Å². The standard InChI is InChI=1S/C21H21N7/c1-15-4-2-9-23-19(15)14-28-11-3-5-20(28)18-8-10-24-21(27-18)26-17-7-6-16(12-22)25-13-17/h2,4,6-10,13,20H,3,5,11,14H2,1H3,(H,24,26,27). The summed E-state index contributed by atoms with van der Waals surface area (Å²) in [6, 6.07) is 11.8. The summed E-state index contributed by atoms with van der Waals surface area (Å²) in [4.78, 5) is 20.1. The zero-order valence-corrected chi connectivity index (χ0v) is 15.7. The number of nitriles is 1. The first-order valence-corrected chi connectivity index (χ1v) is 9.33. The number of aromatic nitrogens is 4. The average Bonchev–Trinajstić information content (AvgIpc) is 3.19. The van der Waals surface area contributed by atoms with E-state index in [4.69, 9.17) is 10.2 Å². The number of pyridine rings is 2. The third-order valence-electron chi connectivity index (χ3n) is 4.99. The molecule has 4 rings (SSSR count). The molecule has 1 N–H and O–H groups in total. The fraction of sp³-hybridized carbons (Fsp3) is 0.286. The van der Waals surface area contributed by atoms with Gasteiger partial charge in [0.2, 0.25) is 5.95 Å². The molecule has 1 fully saturated rings. The molecule has 3 aromatic heterocycles. The van der Waals surface area contributed by atoms with Crippen molar-refractivity contribution in [3.63, 3.8) is 0 Å². The Hall–Kier alpha value is -3.37. The van der Waals surface area contributed by atoms with Crippen molar-refractivity contribution in [3.8, 4) is 6.07 Å². The number of likely N-dealkylation sites (tertiary alicyclic amines) is 1. The lowest BCUT2D eigenvalue weighted by Gasteiger charge is -2.24. The maximum absolute atomic E-state index is 8.86. The monoisotopic (exact) mass is 371 g/mol. The van der Waals surface area contributed by atoms with Crippen LogP contribution in [0.4, 0.5) is 11.6 Å². The Morgan fingerprint density at radius 3 is 2.89 bits per heavy atom. The molecule has 140 valence electrons. The number of hydrogen-bond acceptors (Lipinski definition) is 7. The molecular weight excluding hydrogens is 350 g/mol. The molecule has 1 atom stereocenters. The lowest BCUT2D eigenvalue weighted by Crippen LogP contribution is -2.24. The Balaban J connectivity index is 1.51. The molecule has 1 unspecified atom stereocenters. The first-order valence-electron chi connectivity index (χ1n) is 9.33. The van der Waals surface area contributed by atoms with Gasteiger partial charge in [-0.2, -0.15) is 5.26 Å². The van der Waals surface area contributed by atoms with Crippen LogP contribution in [0.1, 0.15) is 41.5 Å². The Morgan fingerprint density at radius 2 is 2.11 bits per heavy atom. The van der Waals surface area contributed by atoms with E-state index in [9.17, 15) is 0 Å². The molecule has 0 aromatic carbocycles. The second-order valence-electron chi connectivity index (χ2n) is 6.87. The third-order valence-corrected chi connectivity index (χ3v) is 4.99. The number of hydrogen-bond donors (Lipinski definition) is 1. The average molecular weight is 371 g/mol. The summed E-state index contributed by atoms with van der Waals surface area (Å²) in [5, 5.41) is 12.0. The summed E-state index contributed by atoms with van der Waals surface area (Å²) in [5.74, 6) is 0.532. The second kappa shape index (κ2) is 8.11. The lowest BCUT2D eigenvalue weighted by atomic mass is 10.1. The third kappa shape index (κ3) is 3.97. The van der Waals surface area contributed by atoms with E-state index in [1.165, 1.54) is 5.56 Å². The van der Waals surface area contributed by atoms with Crippen LogP contribution >= 0.6 is 0 Å². The van der Waals surface area contributed by atoms with Gasteiger partial charge in [-0.05, 0) is 56.1 Å². The topological polar surface area (TPSA) is 90.6 Å². The van der Waals surface area contributed by atoms with Gasteiger partial charge in [-0.15, -0.1) is 0 Å². The Labute approximate surface area is 164 Å². The molecular formula is C21H21N7. The highest BCUT2D eigenvalue weighted by atomic mass is 15.2. The van der Waals surface area contributed by atoms with Crippen LogP contribution in [0, 0.1) is 18.3 Å². The second-order valence-corrected chi connectivity index (χ2v) is 6.87. The predicted octanol–water partition coefficient (Wildman–Crippen LogP) is 3.53. The van der Waals surface area contributed by atoms with E-state index in [2.05, 4.69) is 38.2 Å². The first-order chi connectivity index (χ1) is 13.7. The van der Waals surface area contributed by atoms with E-state index in [1.807, 2.05) is 24.4 Å². The van der Waals surface area contributed by atoms with Crippen molar-refractivity contribution >= 4 is 11.6 Å². The fourth-order valence-corrected chi connectivity index (χ4v) is 3.51. The number of nitrogens with one attached hydrogen (secondary N) is 1. The predicted molar refractivity (Wildman–Crippen MR) is 106 cm³/mol. The van der Waals surface area contributed by atoms with Crippen LogP contribution in [0.3, 0.4) is 0 Å². The van der Waals surface area contributed by atoms with Gasteiger partial charge in [0.05, 0.1) is 29.3 Å². The van der Waals surface area contributed by atoms with Gasteiger partial charge < -0.3 is 5.32 Å². The van der Waals surface area contributed by atoms with Crippen molar-refractivity contribution in [1.29, 1.82) is 5.26 Å². The number of nitrogens with zero attached hydrogens (tertiary/aromatic N) is 6. The van der Waals surface area contributed by atoms with Gasteiger partial charge in [-0.3, -0.25) is 9.88 Å². The molecule has 4 heterocycles. The molecule has 0 amide bonds. The van der Waals surface area contributed by atoms with Crippen LogP contribution in [-0.4, -0.2) is 31.4 Å². The van der Waals surface area contributed by atoms with E-state index in [0.29, 0.717) is 11.6 Å². The van der Waals surface area contributed by atoms with Crippen LogP contribution in [0.15, 0.2) is 48.9 Å². The summed E-state index contributed by atoms with van der Waals surface area (Å²) >= 11 is 0. The van der Waals surface area contributed by atoms with Gasteiger partial charge in [0.25, 0.3) is 0 Å². The summed E-state index contributed by atoms with van der Waals surface area (Å²) in [5.41, 5.74) is 4.47. The normalized spacial score (nSPS) is 16.6. The van der Waals surface area contributed by atoms with Crippen LogP contribution in [0.2, 0.25) is 0 Å². The minimum Gasteiger partial charge on any atom is -0.323 e. The number of rotatable bonds is 5. The molecule has 0 radical (unpaired) electrons. The van der Waals surface area contributed by atoms with Crippen molar-refractivity contribution in [2.24, 2.45) is 0 Å². The zero-order valence-electron chi connectivity index (χ0n) is 15.7. The molecule has 0 spiro atoms. The summed E-state index contributed by atoms with van der Waals surface area (Å²) in [6.45, 7) is 3.96. The van der Waals surface area contributed by atoms with Gasteiger partial charge in [0.15, 0.2) is 0 Å². The zero-order chi connectivity index (χ0) is 19.3. The summed E-state index contributed by atoms with van der Waals surface area (Å²) in [6.07, 6.45) is 7.46. The van der Waals surface area contributed by atoms with Gasteiger partial charge in [0, 0.05) is 18.9 Å². The van der Waals surface area contributed by atoms with Crippen molar-refractivity contribution in [3.05, 3.63) is 71.6 Å². The van der Waals surface area contributed by atoms with Crippen LogP contribution < -0.4 is 5.32 Å². The minimum absolute atomic E-state index is 0.254. The largest absolute Gasteiger partial charge is 0.323 e. The molecule has 3 aromatic rings. The molecule has 1 aliphatic rings. The Bertz CT molecular complexity index is 994. The van der Waals surface area contributed by atoms with Crippen molar-refractivity contribution in [2.75, 3.05) is 11.9 Å². The van der Waals surface area contributed by atoms with Crippen molar-refractivity contribution in [2.45, 2.75) is 32.4 Å². The lowest BCUT2D eigenvalue weighted by molar-refractivity contribution is 0.241. The van der Waals surface area contributed by atoms with Crippen LogP contribution in [0.25, 0.3) is 0 Å². The highest BCUT2D eigenvalue weighted by Gasteiger charge is 2.28. The number of anilines is 2. The Morgan fingerprint density at radius 1 is 1.18 bits per heavy atom. The maximum Gasteiger partial charge on any atom is 0.227 e. The van der Waals surface area contributed by atoms with E-state index >= 15 is 0 Å². The van der Waals surface area contributed by atoms with E-state index < -0.39 is 0 Å². The Kier molecular flexibility index (Phi) is 5.22. The summed E-state index contributed by atoms with van der Waals surface area (Å²) in [7, 11) is 0. The van der Waals surface area contributed by atoms with Crippen LogP contribution in [-0.2, 0) is 6.54 Å². The van der Waals surface area contributed by atoms with Gasteiger partial charge >= 0.3 is 0 Å². The van der Waals surface area contributed by atoms with Crippen molar-refractivity contribution < 1.29 is 0 Å². The van der Waals surface area contributed by atoms with Gasteiger partial charge in [-0.25, -0.2) is 15.0 Å². The first kappa shape index (κ1) is 18.0. The van der Waals surface area contributed by atoms with E-state index in [0.717, 1.165) is 43.0 Å².